The van der Waals surface area contributed by atoms with E-state index in [1.54, 1.807) is 7.11 Å². The lowest BCUT2D eigenvalue weighted by molar-refractivity contribution is 0.130. The zero-order valence-electron chi connectivity index (χ0n) is 19.8. The average molecular weight is 426 g/mol. The van der Waals surface area contributed by atoms with Gasteiger partial charge in [0.25, 0.3) is 0 Å². The summed E-state index contributed by atoms with van der Waals surface area (Å²) in [7, 11) is 1.72. The van der Waals surface area contributed by atoms with Gasteiger partial charge in [0.1, 0.15) is 0 Å². The number of hydrogen-bond acceptors (Lipinski definition) is 5. The maximum atomic E-state index is 9.30. The number of methoxy groups -OCH3 is 1. The van der Waals surface area contributed by atoms with E-state index < -0.39 is 0 Å². The second-order valence-corrected chi connectivity index (χ2v) is 8.70. The first kappa shape index (κ1) is 23.7. The van der Waals surface area contributed by atoms with Gasteiger partial charge in [-0.3, -0.25) is 0 Å². The molecular weight excluding hydrogens is 386 g/mol. The highest BCUT2D eigenvalue weighted by Gasteiger charge is 2.19. The number of likely N-dealkylation sites (tertiary alicyclic amines) is 1. The molecule has 3 rings (SSSR count). The van der Waals surface area contributed by atoms with E-state index in [4.69, 9.17) is 14.7 Å². The summed E-state index contributed by atoms with van der Waals surface area (Å²) in [6.45, 7) is 10.1. The lowest BCUT2D eigenvalue weighted by Crippen LogP contribution is -2.35. The van der Waals surface area contributed by atoms with Crippen LogP contribution < -0.4 is 4.74 Å². The van der Waals surface area contributed by atoms with E-state index in [2.05, 4.69) is 43.9 Å². The number of hydrogen-bond donors (Lipinski definition) is 1. The molecule has 1 aliphatic heterocycles. The Morgan fingerprint density at radius 3 is 2.32 bits per heavy atom. The van der Waals surface area contributed by atoms with E-state index in [1.165, 1.54) is 16.7 Å². The SMILES string of the molecule is CCc1cccc(CC)c1-c1nc(C)c(CCCCN2CCC(CO)CC2)c(OC)n1. The van der Waals surface area contributed by atoms with E-state index in [0.717, 1.165) is 87.5 Å². The number of nitrogens with zero attached hydrogens (tertiary/aromatic N) is 3. The quantitative estimate of drug-likeness (QED) is 0.563. The summed E-state index contributed by atoms with van der Waals surface area (Å²) in [5, 5.41) is 9.30. The predicted octanol–water partition coefficient (Wildman–Crippen LogP) is 4.61. The molecule has 31 heavy (non-hydrogen) atoms. The number of aryl methyl sites for hydroxylation is 3. The number of unbranched alkanes of at least 4 members (excludes halogenated alkanes) is 1. The fraction of sp³-hybridized carbons (Fsp3) is 0.615. The highest BCUT2D eigenvalue weighted by Crippen LogP contribution is 2.30. The van der Waals surface area contributed by atoms with Crippen LogP contribution in [0.2, 0.25) is 0 Å². The molecule has 170 valence electrons. The lowest BCUT2D eigenvalue weighted by Gasteiger charge is -2.30. The molecule has 5 nitrogen and oxygen atoms in total. The number of aliphatic hydroxyl groups is 1. The van der Waals surface area contributed by atoms with Gasteiger partial charge in [0, 0.05) is 23.4 Å². The van der Waals surface area contributed by atoms with Crippen molar-refractivity contribution in [2.45, 2.75) is 65.7 Å². The van der Waals surface area contributed by atoms with Gasteiger partial charge in [-0.2, -0.15) is 4.98 Å². The van der Waals surface area contributed by atoms with Crippen LogP contribution in [-0.2, 0) is 19.3 Å². The first-order valence-electron chi connectivity index (χ1n) is 12.0. The molecule has 1 aromatic carbocycles. The maximum Gasteiger partial charge on any atom is 0.220 e. The highest BCUT2D eigenvalue weighted by molar-refractivity contribution is 5.66. The van der Waals surface area contributed by atoms with Crippen molar-refractivity contribution < 1.29 is 9.84 Å². The standard InChI is InChI=1S/C26H39N3O2/c1-5-21-10-9-11-22(6-2)24(21)25-27-19(3)23(26(28-25)31-4)12-7-8-15-29-16-13-20(18-30)14-17-29/h9-11,20,30H,5-8,12-18H2,1-4H3. The fourth-order valence-corrected chi connectivity index (χ4v) is 4.70. The minimum absolute atomic E-state index is 0.339. The largest absolute Gasteiger partial charge is 0.481 e. The first-order valence-corrected chi connectivity index (χ1v) is 12.0. The van der Waals surface area contributed by atoms with E-state index in [-0.39, 0.29) is 0 Å². The minimum atomic E-state index is 0.339. The summed E-state index contributed by atoms with van der Waals surface area (Å²) in [6, 6.07) is 6.49. The first-order chi connectivity index (χ1) is 15.1. The molecule has 0 amide bonds. The Labute approximate surface area is 187 Å². The van der Waals surface area contributed by atoms with Crippen LogP contribution in [-0.4, -0.2) is 53.3 Å². The number of aromatic nitrogens is 2. The molecule has 1 aliphatic rings. The second-order valence-electron chi connectivity index (χ2n) is 8.70. The molecule has 0 bridgehead atoms. The van der Waals surface area contributed by atoms with Crippen LogP contribution in [0, 0.1) is 12.8 Å². The van der Waals surface area contributed by atoms with Crippen LogP contribution >= 0.6 is 0 Å². The van der Waals surface area contributed by atoms with Gasteiger partial charge >= 0.3 is 0 Å². The summed E-state index contributed by atoms with van der Waals surface area (Å²) in [5.74, 6) is 2.02. The molecule has 1 saturated heterocycles. The molecular formula is C26H39N3O2. The Morgan fingerprint density at radius 2 is 1.74 bits per heavy atom. The van der Waals surface area contributed by atoms with Gasteiger partial charge in [-0.1, -0.05) is 32.0 Å². The fourth-order valence-electron chi connectivity index (χ4n) is 4.70. The van der Waals surface area contributed by atoms with Crippen LogP contribution in [0.15, 0.2) is 18.2 Å². The van der Waals surface area contributed by atoms with Crippen molar-refractivity contribution in [2.24, 2.45) is 5.92 Å². The maximum absolute atomic E-state index is 9.30. The van der Waals surface area contributed by atoms with Gasteiger partial charge in [-0.15, -0.1) is 0 Å². The van der Waals surface area contributed by atoms with Crippen molar-refractivity contribution >= 4 is 0 Å². The Kier molecular flexibility index (Phi) is 8.85. The second kappa shape index (κ2) is 11.6. The van der Waals surface area contributed by atoms with E-state index in [0.29, 0.717) is 12.5 Å². The molecule has 1 N–H and O–H groups in total. The molecule has 0 saturated carbocycles. The molecule has 2 aromatic rings. The van der Waals surface area contributed by atoms with Crippen molar-refractivity contribution in [2.75, 3.05) is 33.4 Å². The lowest BCUT2D eigenvalue weighted by atomic mass is 9.96. The number of piperidine rings is 1. The van der Waals surface area contributed by atoms with Gasteiger partial charge < -0.3 is 14.7 Å². The zero-order chi connectivity index (χ0) is 22.2. The van der Waals surface area contributed by atoms with E-state index in [1.807, 2.05) is 0 Å². The van der Waals surface area contributed by atoms with E-state index >= 15 is 0 Å². The molecule has 1 fully saturated rings. The Morgan fingerprint density at radius 1 is 1.06 bits per heavy atom. The molecule has 0 aliphatic carbocycles. The van der Waals surface area contributed by atoms with Crippen LogP contribution in [0.3, 0.4) is 0 Å². The number of benzene rings is 1. The average Bonchev–Trinajstić information content (AvgIpc) is 2.81. The van der Waals surface area contributed by atoms with Crippen molar-refractivity contribution in [3.05, 3.63) is 40.6 Å². The molecule has 2 heterocycles. The minimum Gasteiger partial charge on any atom is -0.481 e. The van der Waals surface area contributed by atoms with Crippen molar-refractivity contribution in [1.82, 2.24) is 14.9 Å². The smallest absolute Gasteiger partial charge is 0.220 e. The van der Waals surface area contributed by atoms with Gasteiger partial charge in [-0.25, -0.2) is 4.98 Å². The summed E-state index contributed by atoms with van der Waals surface area (Å²) < 4.78 is 5.72. The van der Waals surface area contributed by atoms with Crippen LogP contribution in [0.1, 0.15) is 61.9 Å². The molecule has 0 unspecified atom stereocenters. The van der Waals surface area contributed by atoms with Crippen molar-refractivity contribution in [3.63, 3.8) is 0 Å². The van der Waals surface area contributed by atoms with Crippen LogP contribution in [0.25, 0.3) is 11.4 Å². The number of ether oxygens (including phenoxy) is 1. The topological polar surface area (TPSA) is 58.5 Å². The summed E-state index contributed by atoms with van der Waals surface area (Å²) >= 11 is 0. The zero-order valence-corrected chi connectivity index (χ0v) is 19.8. The highest BCUT2D eigenvalue weighted by atomic mass is 16.5. The summed E-state index contributed by atoms with van der Waals surface area (Å²) in [5.41, 5.74) is 5.92. The number of rotatable bonds is 10. The third-order valence-electron chi connectivity index (χ3n) is 6.71. The third-order valence-corrected chi connectivity index (χ3v) is 6.71. The van der Waals surface area contributed by atoms with E-state index in [9.17, 15) is 5.11 Å². The third kappa shape index (κ3) is 5.83. The summed E-state index contributed by atoms with van der Waals surface area (Å²) in [4.78, 5) is 12.3. The summed E-state index contributed by atoms with van der Waals surface area (Å²) in [6.07, 6.45) is 7.38. The predicted molar refractivity (Wildman–Crippen MR) is 127 cm³/mol. The van der Waals surface area contributed by atoms with Crippen molar-refractivity contribution in [1.29, 1.82) is 0 Å². The van der Waals surface area contributed by atoms with Gasteiger partial charge in [0.05, 0.1) is 7.11 Å². The molecule has 0 spiro atoms. The van der Waals surface area contributed by atoms with Gasteiger partial charge in [0.15, 0.2) is 5.82 Å². The van der Waals surface area contributed by atoms with Gasteiger partial charge in [0.2, 0.25) is 5.88 Å². The molecule has 1 aromatic heterocycles. The van der Waals surface area contributed by atoms with Gasteiger partial charge in [-0.05, 0) is 88.5 Å². The molecule has 0 radical (unpaired) electrons. The molecule has 5 heteroatoms. The normalized spacial score (nSPS) is 15.4. The monoisotopic (exact) mass is 425 g/mol. The Hall–Kier alpha value is -1.98. The Balaban J connectivity index is 1.68. The van der Waals surface area contributed by atoms with Crippen LogP contribution in [0.5, 0.6) is 5.88 Å². The molecule has 0 atom stereocenters. The van der Waals surface area contributed by atoms with Crippen molar-refractivity contribution in [3.8, 4) is 17.3 Å². The van der Waals surface area contributed by atoms with Crippen LogP contribution in [0.4, 0.5) is 0 Å². The number of aliphatic hydroxyl groups excluding tert-OH is 1. The Bertz CT molecular complexity index is 823.